The zero-order chi connectivity index (χ0) is 14.8. The van der Waals surface area contributed by atoms with E-state index in [4.69, 9.17) is 9.73 Å². The lowest BCUT2D eigenvalue weighted by Gasteiger charge is -2.33. The zero-order valence-corrected chi connectivity index (χ0v) is 14.4. The predicted octanol–water partition coefficient (Wildman–Crippen LogP) is 3.83. The van der Waals surface area contributed by atoms with E-state index in [0.717, 1.165) is 38.5 Å². The number of aliphatic imine (C=N–C) groups is 1. The summed E-state index contributed by atoms with van der Waals surface area (Å²) in [4.78, 5) is 5.01. The molecule has 3 rings (SSSR count). The summed E-state index contributed by atoms with van der Waals surface area (Å²) in [5.74, 6) is 1.96. The Morgan fingerprint density at radius 1 is 1.19 bits per heavy atom. The van der Waals surface area contributed by atoms with E-state index in [1.54, 1.807) is 0 Å². The van der Waals surface area contributed by atoms with Gasteiger partial charge in [-0.25, -0.2) is 0 Å². The van der Waals surface area contributed by atoms with Crippen LogP contribution < -0.4 is 5.32 Å². The third kappa shape index (κ3) is 3.76. The van der Waals surface area contributed by atoms with Gasteiger partial charge in [-0.1, -0.05) is 38.5 Å². The van der Waals surface area contributed by atoms with E-state index in [-0.39, 0.29) is 5.54 Å². The molecule has 0 atom stereocenters. The van der Waals surface area contributed by atoms with Crippen LogP contribution in [0, 0.1) is 11.3 Å². The quantitative estimate of drug-likeness (QED) is 0.856. The van der Waals surface area contributed by atoms with Crippen LogP contribution in [0.2, 0.25) is 0 Å². The van der Waals surface area contributed by atoms with Crippen LogP contribution >= 0.6 is 11.8 Å². The minimum Gasteiger partial charge on any atom is -0.381 e. The fourth-order valence-electron chi connectivity index (χ4n) is 4.28. The van der Waals surface area contributed by atoms with Gasteiger partial charge < -0.3 is 10.1 Å². The molecule has 2 aliphatic heterocycles. The van der Waals surface area contributed by atoms with Crippen molar-refractivity contribution in [2.45, 2.75) is 64.3 Å². The third-order valence-corrected chi connectivity index (χ3v) is 6.57. The molecule has 1 aliphatic carbocycles. The molecular formula is C17H30N2OS. The van der Waals surface area contributed by atoms with Crippen molar-refractivity contribution in [1.29, 1.82) is 0 Å². The second-order valence-electron chi connectivity index (χ2n) is 7.73. The molecular weight excluding hydrogens is 280 g/mol. The molecule has 21 heavy (non-hydrogen) atoms. The van der Waals surface area contributed by atoms with Crippen LogP contribution in [-0.4, -0.2) is 36.2 Å². The largest absolute Gasteiger partial charge is 0.381 e. The fraction of sp³-hybridized carbons (Fsp3) is 0.941. The smallest absolute Gasteiger partial charge is 0.157 e. The first-order valence-corrected chi connectivity index (χ1v) is 9.63. The maximum absolute atomic E-state index is 5.50. The maximum Gasteiger partial charge on any atom is 0.157 e. The Morgan fingerprint density at radius 3 is 2.57 bits per heavy atom. The van der Waals surface area contributed by atoms with Crippen molar-refractivity contribution in [3.05, 3.63) is 0 Å². The molecule has 1 N–H and O–H groups in total. The fourth-order valence-corrected chi connectivity index (χ4v) is 5.50. The normalized spacial score (nSPS) is 29.4. The van der Waals surface area contributed by atoms with Gasteiger partial charge in [-0.3, -0.25) is 4.99 Å². The van der Waals surface area contributed by atoms with Gasteiger partial charge in [-0.15, -0.1) is 0 Å². The minimum atomic E-state index is 0.280. The van der Waals surface area contributed by atoms with Crippen LogP contribution in [0.4, 0.5) is 0 Å². The lowest BCUT2D eigenvalue weighted by Crippen LogP contribution is -2.48. The Balaban J connectivity index is 1.60. The van der Waals surface area contributed by atoms with Gasteiger partial charge in [0.05, 0.1) is 5.54 Å². The van der Waals surface area contributed by atoms with E-state index < -0.39 is 0 Å². The minimum absolute atomic E-state index is 0.280. The molecule has 0 bridgehead atoms. The molecule has 0 aromatic rings. The average Bonchev–Trinajstić information content (AvgIpc) is 3.06. The molecule has 4 heteroatoms. The highest BCUT2D eigenvalue weighted by atomic mass is 32.2. The SMILES string of the molecule is CC(C)CC1(CN=C2NC3(CCOCC3)CS2)CCCC1. The highest BCUT2D eigenvalue weighted by molar-refractivity contribution is 8.14. The number of amidine groups is 1. The lowest BCUT2D eigenvalue weighted by molar-refractivity contribution is 0.0555. The molecule has 0 aromatic heterocycles. The molecule has 3 fully saturated rings. The molecule has 120 valence electrons. The van der Waals surface area contributed by atoms with Crippen molar-refractivity contribution in [3.8, 4) is 0 Å². The van der Waals surface area contributed by atoms with Gasteiger partial charge >= 0.3 is 0 Å². The number of thioether (sulfide) groups is 1. The van der Waals surface area contributed by atoms with Crippen molar-refractivity contribution in [2.24, 2.45) is 16.3 Å². The standard InChI is InChI=1S/C17H30N2OS/c1-14(2)11-16(5-3-4-6-16)12-18-15-19-17(13-21-15)7-9-20-10-8-17/h14H,3-13H2,1-2H3,(H,18,19). The lowest BCUT2D eigenvalue weighted by atomic mass is 9.79. The average molecular weight is 311 g/mol. The zero-order valence-electron chi connectivity index (χ0n) is 13.6. The number of ether oxygens (including phenoxy) is 1. The molecule has 0 radical (unpaired) electrons. The molecule has 3 nitrogen and oxygen atoms in total. The van der Waals surface area contributed by atoms with Gasteiger partial charge in [0.1, 0.15) is 0 Å². The summed E-state index contributed by atoms with van der Waals surface area (Å²) >= 11 is 1.93. The van der Waals surface area contributed by atoms with Crippen molar-refractivity contribution in [2.75, 3.05) is 25.5 Å². The first kappa shape index (κ1) is 15.7. The van der Waals surface area contributed by atoms with E-state index in [9.17, 15) is 0 Å². The molecule has 0 unspecified atom stereocenters. The van der Waals surface area contributed by atoms with E-state index in [2.05, 4.69) is 19.2 Å². The summed E-state index contributed by atoms with van der Waals surface area (Å²) in [6.07, 6.45) is 9.18. The van der Waals surface area contributed by atoms with Gasteiger partial charge in [-0.2, -0.15) is 0 Å². The second kappa shape index (κ2) is 6.49. The van der Waals surface area contributed by atoms with E-state index in [1.165, 1.54) is 43.0 Å². The van der Waals surface area contributed by atoms with Gasteiger partial charge in [0.2, 0.25) is 0 Å². The van der Waals surface area contributed by atoms with Crippen molar-refractivity contribution >= 4 is 16.9 Å². The van der Waals surface area contributed by atoms with Gasteiger partial charge in [0.15, 0.2) is 5.17 Å². The Hall–Kier alpha value is -0.220. The first-order chi connectivity index (χ1) is 10.1. The van der Waals surface area contributed by atoms with Crippen molar-refractivity contribution in [1.82, 2.24) is 5.32 Å². The Morgan fingerprint density at radius 2 is 1.90 bits per heavy atom. The van der Waals surface area contributed by atoms with Gasteiger partial charge in [0.25, 0.3) is 0 Å². The predicted molar refractivity (Wildman–Crippen MR) is 91.0 cm³/mol. The third-order valence-electron chi connectivity index (χ3n) is 5.37. The van der Waals surface area contributed by atoms with Crippen LogP contribution in [0.15, 0.2) is 4.99 Å². The monoisotopic (exact) mass is 310 g/mol. The van der Waals surface area contributed by atoms with Crippen LogP contribution in [0.1, 0.15) is 58.8 Å². The molecule has 0 aromatic carbocycles. The van der Waals surface area contributed by atoms with Crippen LogP contribution in [0.5, 0.6) is 0 Å². The summed E-state index contributed by atoms with van der Waals surface area (Å²) in [5, 5.41) is 4.93. The summed E-state index contributed by atoms with van der Waals surface area (Å²) < 4.78 is 5.50. The molecule has 2 saturated heterocycles. The first-order valence-electron chi connectivity index (χ1n) is 8.65. The molecule has 1 saturated carbocycles. The number of hydrogen-bond acceptors (Lipinski definition) is 3. The Labute approximate surface area is 133 Å². The highest BCUT2D eigenvalue weighted by Crippen LogP contribution is 2.43. The molecule has 3 aliphatic rings. The molecule has 1 spiro atoms. The van der Waals surface area contributed by atoms with Crippen molar-refractivity contribution < 1.29 is 4.74 Å². The maximum atomic E-state index is 5.50. The highest BCUT2D eigenvalue weighted by Gasteiger charge is 2.39. The summed E-state index contributed by atoms with van der Waals surface area (Å²) in [5.41, 5.74) is 0.775. The number of hydrogen-bond donors (Lipinski definition) is 1. The Bertz CT molecular complexity index is 382. The van der Waals surface area contributed by atoms with Crippen LogP contribution in [0.3, 0.4) is 0 Å². The molecule has 0 amide bonds. The number of nitrogens with zero attached hydrogens (tertiary/aromatic N) is 1. The number of rotatable bonds is 4. The topological polar surface area (TPSA) is 33.6 Å². The van der Waals surface area contributed by atoms with E-state index >= 15 is 0 Å². The summed E-state index contributed by atoms with van der Waals surface area (Å²) in [6, 6.07) is 0. The number of nitrogens with one attached hydrogen (secondary N) is 1. The van der Waals surface area contributed by atoms with Crippen molar-refractivity contribution in [3.63, 3.8) is 0 Å². The summed E-state index contributed by atoms with van der Waals surface area (Å²) in [7, 11) is 0. The molecule has 2 heterocycles. The second-order valence-corrected chi connectivity index (χ2v) is 8.70. The van der Waals surface area contributed by atoms with E-state index in [1.807, 2.05) is 11.8 Å². The van der Waals surface area contributed by atoms with Gasteiger partial charge in [-0.05, 0) is 43.4 Å². The van der Waals surface area contributed by atoms with E-state index in [0.29, 0.717) is 5.41 Å². The summed E-state index contributed by atoms with van der Waals surface area (Å²) in [6.45, 7) is 7.54. The van der Waals surface area contributed by atoms with Crippen LogP contribution in [-0.2, 0) is 4.74 Å². The van der Waals surface area contributed by atoms with Gasteiger partial charge in [0, 0.05) is 25.5 Å². The Kier molecular flexibility index (Phi) is 4.84. The van der Waals surface area contributed by atoms with Crippen LogP contribution in [0.25, 0.3) is 0 Å².